The Hall–Kier alpha value is -4.80. The van der Waals surface area contributed by atoms with Gasteiger partial charge in [0.15, 0.2) is 0 Å². The molecule has 0 atom stereocenters. The van der Waals surface area contributed by atoms with Crippen LogP contribution in [0.4, 0.5) is 32.3 Å². The number of hydrogen-bond donors (Lipinski definition) is 4. The zero-order valence-electron chi connectivity index (χ0n) is 23.8. The third-order valence-electron chi connectivity index (χ3n) is 6.26. The lowest BCUT2D eigenvalue weighted by Crippen LogP contribution is -2.20. The summed E-state index contributed by atoms with van der Waals surface area (Å²) in [7, 11) is 6.09. The van der Waals surface area contributed by atoms with Gasteiger partial charge in [-0.2, -0.15) is 0 Å². The maximum Gasteiger partial charge on any atom is 0.323 e. The molecule has 0 fully saturated rings. The summed E-state index contributed by atoms with van der Waals surface area (Å²) in [6.45, 7) is 0. The molecule has 0 heterocycles. The molecule has 0 bridgehead atoms. The highest BCUT2D eigenvalue weighted by Gasteiger charge is 2.13. The molecule has 0 spiro atoms. The lowest BCUT2D eigenvalue weighted by molar-refractivity contribution is 0.261. The summed E-state index contributed by atoms with van der Waals surface area (Å²) in [5.74, 6) is 1.99. The topological polar surface area (TPSA) is 119 Å². The second kappa shape index (κ2) is 14.4. The zero-order chi connectivity index (χ0) is 30.9. The number of urea groups is 2. The first kappa shape index (κ1) is 31.1. The number of anilines is 4. The van der Waals surface area contributed by atoms with Gasteiger partial charge < -0.3 is 40.2 Å². The predicted octanol–water partition coefficient (Wildman–Crippen LogP) is 7.91. The number of rotatable bonds is 10. The minimum absolute atomic E-state index is 0.380. The van der Waals surface area contributed by atoms with E-state index >= 15 is 0 Å². The van der Waals surface area contributed by atoms with Crippen molar-refractivity contribution in [2.24, 2.45) is 0 Å². The number of halogens is 2. The van der Waals surface area contributed by atoms with Crippen LogP contribution in [0.1, 0.15) is 11.1 Å². The molecule has 0 saturated heterocycles. The van der Waals surface area contributed by atoms with Crippen molar-refractivity contribution in [1.29, 1.82) is 0 Å². The molecule has 4 aromatic rings. The third kappa shape index (κ3) is 8.15. The second-order valence-electron chi connectivity index (χ2n) is 9.10. The van der Waals surface area contributed by atoms with E-state index in [4.69, 9.17) is 42.1 Å². The molecule has 4 N–H and O–H groups in total. The van der Waals surface area contributed by atoms with Gasteiger partial charge >= 0.3 is 12.1 Å². The van der Waals surface area contributed by atoms with E-state index in [1.165, 1.54) is 28.4 Å². The van der Waals surface area contributed by atoms with Crippen molar-refractivity contribution in [1.82, 2.24) is 0 Å². The Morgan fingerprint density at radius 1 is 0.535 bits per heavy atom. The van der Waals surface area contributed by atoms with Crippen molar-refractivity contribution in [3.05, 3.63) is 94.0 Å². The molecule has 10 nitrogen and oxygen atoms in total. The molecule has 4 rings (SSSR count). The van der Waals surface area contributed by atoms with Gasteiger partial charge in [-0.1, -0.05) is 35.3 Å². The van der Waals surface area contributed by atoms with Crippen LogP contribution in [-0.4, -0.2) is 40.5 Å². The van der Waals surface area contributed by atoms with Crippen molar-refractivity contribution in [3.8, 4) is 23.0 Å². The molecule has 12 heteroatoms. The fourth-order valence-corrected chi connectivity index (χ4v) is 4.71. The maximum absolute atomic E-state index is 12.6. The largest absolute Gasteiger partial charge is 0.495 e. The summed E-state index contributed by atoms with van der Waals surface area (Å²) in [5, 5.41) is 11.8. The fraction of sp³-hybridized carbons (Fsp3) is 0.161. The molecule has 4 aromatic carbocycles. The first-order valence-electron chi connectivity index (χ1n) is 12.9. The Bertz CT molecular complexity index is 1510. The molecule has 4 amide bonds. The van der Waals surface area contributed by atoms with Gasteiger partial charge in [0, 0.05) is 11.4 Å². The van der Waals surface area contributed by atoms with Crippen LogP contribution in [0, 0.1) is 0 Å². The molecule has 0 aliphatic carbocycles. The summed E-state index contributed by atoms with van der Waals surface area (Å²) in [5.41, 5.74) is 3.86. The highest BCUT2D eigenvalue weighted by molar-refractivity contribution is 6.32. The van der Waals surface area contributed by atoms with E-state index in [0.717, 1.165) is 11.1 Å². The van der Waals surface area contributed by atoms with Gasteiger partial charge in [0.05, 0.1) is 49.9 Å². The number of hydrogen-bond acceptors (Lipinski definition) is 6. The average Bonchev–Trinajstić information content (AvgIpc) is 2.98. The number of amides is 4. The van der Waals surface area contributed by atoms with Crippen LogP contribution < -0.4 is 40.2 Å². The van der Waals surface area contributed by atoms with Gasteiger partial charge in [-0.3, -0.25) is 0 Å². The molecule has 43 heavy (non-hydrogen) atoms. The van der Waals surface area contributed by atoms with Gasteiger partial charge in [0.25, 0.3) is 0 Å². The lowest BCUT2D eigenvalue weighted by Gasteiger charge is -2.15. The Kier molecular flexibility index (Phi) is 10.4. The summed E-state index contributed by atoms with van der Waals surface area (Å²) in [4.78, 5) is 25.2. The van der Waals surface area contributed by atoms with Crippen molar-refractivity contribution < 1.29 is 28.5 Å². The Labute approximate surface area is 259 Å². The number of carbonyl (C=O) groups is 2. The van der Waals surface area contributed by atoms with Gasteiger partial charge in [-0.15, -0.1) is 0 Å². The van der Waals surface area contributed by atoms with Crippen LogP contribution in [0.25, 0.3) is 0 Å². The predicted molar refractivity (Wildman–Crippen MR) is 170 cm³/mol. The number of ether oxygens (including phenoxy) is 4. The van der Waals surface area contributed by atoms with E-state index in [9.17, 15) is 9.59 Å². The average molecular weight is 626 g/mol. The van der Waals surface area contributed by atoms with Crippen LogP contribution in [-0.2, 0) is 6.42 Å². The standard InChI is InChI=1S/C31H30Cl2N4O6/c1-40-26-11-7-20(16-22(26)32)34-30(38)36-24-9-5-18(14-28(24)42-3)13-19-6-10-25(29(15-19)43-4)37-31(39)35-21-8-12-27(41-2)23(33)17-21/h5-12,14-17H,13H2,1-4H3,(H2,34,36,38)(H2,35,37,39). The molecule has 0 aliphatic heterocycles. The van der Waals surface area contributed by atoms with Crippen LogP contribution in [0.15, 0.2) is 72.8 Å². The van der Waals surface area contributed by atoms with Crippen LogP contribution in [0.3, 0.4) is 0 Å². The highest BCUT2D eigenvalue weighted by Crippen LogP contribution is 2.32. The minimum atomic E-state index is -0.459. The van der Waals surface area contributed by atoms with E-state index in [1.807, 2.05) is 24.3 Å². The maximum atomic E-state index is 12.6. The fourth-order valence-electron chi connectivity index (χ4n) is 4.19. The van der Waals surface area contributed by atoms with Crippen molar-refractivity contribution in [2.45, 2.75) is 6.42 Å². The van der Waals surface area contributed by atoms with Crippen molar-refractivity contribution in [2.75, 3.05) is 49.7 Å². The number of nitrogens with one attached hydrogen (secondary N) is 4. The monoisotopic (exact) mass is 624 g/mol. The first-order chi connectivity index (χ1) is 20.7. The molecular weight excluding hydrogens is 595 g/mol. The van der Waals surface area contributed by atoms with Gasteiger partial charge in [-0.25, -0.2) is 9.59 Å². The SMILES string of the molecule is COc1ccc(NC(=O)Nc2ccc(Cc3ccc(NC(=O)Nc4ccc(OC)c(Cl)c4)c(OC)c3)cc2OC)cc1Cl. The summed E-state index contributed by atoms with van der Waals surface area (Å²) >= 11 is 12.3. The summed E-state index contributed by atoms with van der Waals surface area (Å²) < 4.78 is 21.3. The molecule has 0 unspecified atom stereocenters. The van der Waals surface area contributed by atoms with Crippen LogP contribution in [0.5, 0.6) is 23.0 Å². The first-order valence-corrected chi connectivity index (χ1v) is 13.7. The van der Waals surface area contributed by atoms with Crippen molar-refractivity contribution >= 4 is 58.0 Å². The lowest BCUT2D eigenvalue weighted by atomic mass is 10.0. The number of carbonyl (C=O) groups excluding carboxylic acids is 2. The van der Waals surface area contributed by atoms with Gasteiger partial charge in [-0.05, 0) is 78.2 Å². The molecule has 0 aromatic heterocycles. The van der Waals surface area contributed by atoms with Crippen LogP contribution in [0.2, 0.25) is 10.0 Å². The Balaban J connectivity index is 1.40. The van der Waals surface area contributed by atoms with E-state index in [2.05, 4.69) is 21.3 Å². The van der Waals surface area contributed by atoms with E-state index in [-0.39, 0.29) is 0 Å². The normalized spacial score (nSPS) is 10.4. The summed E-state index contributed by atoms with van der Waals surface area (Å²) in [6, 6.07) is 19.9. The quantitative estimate of drug-likeness (QED) is 0.142. The molecular formula is C31H30Cl2N4O6. The van der Waals surface area contributed by atoms with E-state index in [1.54, 1.807) is 48.5 Å². The molecule has 0 radical (unpaired) electrons. The van der Waals surface area contributed by atoms with Gasteiger partial charge in [0.1, 0.15) is 23.0 Å². The highest BCUT2D eigenvalue weighted by atomic mass is 35.5. The van der Waals surface area contributed by atoms with Crippen molar-refractivity contribution in [3.63, 3.8) is 0 Å². The van der Waals surface area contributed by atoms with Crippen LogP contribution >= 0.6 is 23.2 Å². The second-order valence-corrected chi connectivity index (χ2v) is 9.92. The van der Waals surface area contributed by atoms with E-state index < -0.39 is 12.1 Å². The molecule has 0 aliphatic rings. The smallest absolute Gasteiger partial charge is 0.323 e. The molecule has 0 saturated carbocycles. The van der Waals surface area contributed by atoms with E-state index in [0.29, 0.717) is 62.2 Å². The Morgan fingerprint density at radius 3 is 1.28 bits per heavy atom. The van der Waals surface area contributed by atoms with Gasteiger partial charge in [0.2, 0.25) is 0 Å². The summed E-state index contributed by atoms with van der Waals surface area (Å²) in [6.07, 6.45) is 0.542. The third-order valence-corrected chi connectivity index (χ3v) is 6.85. The molecule has 224 valence electrons. The number of benzene rings is 4. The zero-order valence-corrected chi connectivity index (χ0v) is 25.4. The number of methoxy groups -OCH3 is 4. The minimum Gasteiger partial charge on any atom is -0.495 e. The Morgan fingerprint density at radius 2 is 0.930 bits per heavy atom.